The average Bonchev–Trinajstić information content (AvgIpc) is 2.76. The van der Waals surface area contributed by atoms with Gasteiger partial charge in [0, 0.05) is 18.2 Å². The molecule has 1 aliphatic carbocycles. The minimum absolute atomic E-state index is 0.0120. The first-order valence-electron chi connectivity index (χ1n) is 9.84. The van der Waals surface area contributed by atoms with E-state index < -0.39 is 29.1 Å². The zero-order valence-electron chi connectivity index (χ0n) is 17.1. The molecule has 0 aliphatic heterocycles. The molecule has 3 N–H and O–H groups in total. The zero-order chi connectivity index (χ0) is 22.9. The number of carbonyl (C=O) groups excluding carboxylic acids is 1. The number of nitrogens with two attached hydrogens (primary N) is 1. The number of nitrogens with one attached hydrogen (secondary N) is 1. The number of methoxy groups -OCH3 is 1. The molecule has 1 aliphatic rings. The Morgan fingerprint density at radius 2 is 1.97 bits per heavy atom. The lowest BCUT2D eigenvalue weighted by Gasteiger charge is -2.44. The van der Waals surface area contributed by atoms with Gasteiger partial charge in [-0.2, -0.15) is 0 Å². The summed E-state index contributed by atoms with van der Waals surface area (Å²) >= 11 is 0. The van der Waals surface area contributed by atoms with Gasteiger partial charge in [-0.25, -0.2) is 13.2 Å². The van der Waals surface area contributed by atoms with Crippen molar-refractivity contribution in [2.45, 2.75) is 24.4 Å². The number of rotatable bonds is 7. The lowest BCUT2D eigenvalue weighted by Crippen LogP contribution is -2.49. The van der Waals surface area contributed by atoms with Gasteiger partial charge in [-0.3, -0.25) is 9.78 Å². The normalized spacial score (nSPS) is 19.8. The number of pyridine rings is 1. The van der Waals surface area contributed by atoms with Gasteiger partial charge in [0.25, 0.3) is 5.91 Å². The molecule has 2 aromatic heterocycles. The van der Waals surface area contributed by atoms with E-state index in [1.54, 1.807) is 6.07 Å². The standard InChI is InChI=1S/C22H20F3N5O2/c1-32-19-13(21(26)31)4-5-14(24)18(19)16-6-7-17(30-29-16)28-11-22(9-12(23)10-22)20-15(25)3-2-8-27-20/h2-8,12H,9-11H2,1H3,(H2,26,31)(H,28,30)/t12-,22-. The Balaban J connectivity index is 1.57. The van der Waals surface area contributed by atoms with Crippen LogP contribution in [-0.4, -0.2) is 40.9 Å². The molecule has 0 radical (unpaired) electrons. The number of alkyl halides is 1. The van der Waals surface area contributed by atoms with E-state index in [2.05, 4.69) is 20.5 Å². The summed E-state index contributed by atoms with van der Waals surface area (Å²) in [5.74, 6) is -1.62. The molecular formula is C22H20F3N5O2. The summed E-state index contributed by atoms with van der Waals surface area (Å²) in [4.78, 5) is 15.7. The van der Waals surface area contributed by atoms with Gasteiger partial charge < -0.3 is 15.8 Å². The monoisotopic (exact) mass is 443 g/mol. The Bertz CT molecular complexity index is 1150. The first-order chi connectivity index (χ1) is 15.3. The Hall–Kier alpha value is -3.69. The highest BCUT2D eigenvalue weighted by Crippen LogP contribution is 2.45. The average molecular weight is 443 g/mol. The van der Waals surface area contributed by atoms with Crippen LogP contribution >= 0.6 is 0 Å². The topological polar surface area (TPSA) is 103 Å². The van der Waals surface area contributed by atoms with Crippen molar-refractivity contribution < 1.29 is 22.7 Å². The number of hydrogen-bond donors (Lipinski definition) is 2. The largest absolute Gasteiger partial charge is 0.495 e. The lowest BCUT2D eigenvalue weighted by molar-refractivity contribution is 0.0963. The van der Waals surface area contributed by atoms with Crippen molar-refractivity contribution in [3.63, 3.8) is 0 Å². The molecule has 0 atom stereocenters. The number of anilines is 1. The van der Waals surface area contributed by atoms with Crippen molar-refractivity contribution in [2.24, 2.45) is 5.73 Å². The number of ether oxygens (including phenoxy) is 1. The van der Waals surface area contributed by atoms with Crippen molar-refractivity contribution in [3.05, 3.63) is 65.5 Å². The van der Waals surface area contributed by atoms with Gasteiger partial charge in [0.05, 0.1) is 29.6 Å². The van der Waals surface area contributed by atoms with E-state index in [-0.39, 0.29) is 47.7 Å². The molecule has 3 aromatic rings. The quantitative estimate of drug-likeness (QED) is 0.580. The van der Waals surface area contributed by atoms with Crippen LogP contribution in [0.4, 0.5) is 19.0 Å². The summed E-state index contributed by atoms with van der Waals surface area (Å²) < 4.78 is 47.7. The van der Waals surface area contributed by atoms with Gasteiger partial charge >= 0.3 is 0 Å². The SMILES string of the molecule is COc1c(C(N)=O)ccc(F)c1-c1ccc(NC[C@]2(c3ncccc3F)C[C@H](F)C2)nn1. The summed E-state index contributed by atoms with van der Waals surface area (Å²) in [6, 6.07) is 8.15. The molecule has 1 fully saturated rings. The fourth-order valence-corrected chi connectivity index (χ4v) is 4.01. The van der Waals surface area contributed by atoms with Crippen LogP contribution in [0.2, 0.25) is 0 Å². The van der Waals surface area contributed by atoms with Crippen molar-refractivity contribution in [1.82, 2.24) is 15.2 Å². The van der Waals surface area contributed by atoms with E-state index in [0.717, 1.165) is 6.07 Å². The first-order valence-corrected chi connectivity index (χ1v) is 9.84. The van der Waals surface area contributed by atoms with Gasteiger partial charge in [-0.05, 0) is 49.2 Å². The lowest BCUT2D eigenvalue weighted by atomic mass is 9.65. The molecule has 10 heteroatoms. The van der Waals surface area contributed by atoms with E-state index in [9.17, 15) is 18.0 Å². The maximum Gasteiger partial charge on any atom is 0.252 e. The molecule has 1 amide bonds. The van der Waals surface area contributed by atoms with Crippen LogP contribution < -0.4 is 15.8 Å². The predicted octanol–water partition coefficient (Wildman–Crippen LogP) is 3.41. The number of nitrogens with zero attached hydrogens (tertiary/aromatic N) is 3. The van der Waals surface area contributed by atoms with Crippen LogP contribution in [0.5, 0.6) is 5.75 Å². The van der Waals surface area contributed by atoms with Crippen molar-refractivity contribution in [1.29, 1.82) is 0 Å². The molecular weight excluding hydrogens is 423 g/mol. The molecule has 32 heavy (non-hydrogen) atoms. The number of benzene rings is 1. The number of aromatic nitrogens is 3. The number of hydrogen-bond acceptors (Lipinski definition) is 6. The van der Waals surface area contributed by atoms with Gasteiger partial charge in [-0.1, -0.05) is 0 Å². The number of primary amides is 1. The number of carbonyl (C=O) groups is 1. The van der Waals surface area contributed by atoms with Gasteiger partial charge in [0.1, 0.15) is 29.4 Å². The number of halogens is 3. The maximum atomic E-state index is 14.5. The molecule has 7 nitrogen and oxygen atoms in total. The van der Waals surface area contributed by atoms with Crippen LogP contribution in [-0.2, 0) is 5.41 Å². The molecule has 0 bridgehead atoms. The number of amides is 1. The van der Waals surface area contributed by atoms with Crippen molar-refractivity contribution in [2.75, 3.05) is 19.0 Å². The second-order valence-electron chi connectivity index (χ2n) is 7.64. The minimum Gasteiger partial charge on any atom is -0.495 e. The summed E-state index contributed by atoms with van der Waals surface area (Å²) in [5, 5.41) is 11.1. The Kier molecular flexibility index (Phi) is 5.68. The summed E-state index contributed by atoms with van der Waals surface area (Å²) in [5.41, 5.74) is 4.84. The molecule has 0 unspecified atom stereocenters. The molecule has 166 valence electrons. The van der Waals surface area contributed by atoms with E-state index in [4.69, 9.17) is 10.5 Å². The molecule has 4 rings (SSSR count). The minimum atomic E-state index is -1.03. The summed E-state index contributed by atoms with van der Waals surface area (Å²) in [7, 11) is 1.29. The molecule has 0 spiro atoms. The fraction of sp³-hybridized carbons (Fsp3) is 0.273. The Morgan fingerprint density at radius 1 is 1.19 bits per heavy atom. The van der Waals surface area contributed by atoms with Gasteiger partial charge in [-0.15, -0.1) is 10.2 Å². The maximum absolute atomic E-state index is 14.5. The highest BCUT2D eigenvalue weighted by molar-refractivity contribution is 5.98. The van der Waals surface area contributed by atoms with Gasteiger partial charge in [0.15, 0.2) is 0 Å². The predicted molar refractivity (Wildman–Crippen MR) is 111 cm³/mol. The second kappa shape index (κ2) is 8.45. The van der Waals surface area contributed by atoms with Crippen LogP contribution in [0.15, 0.2) is 42.6 Å². The molecule has 2 heterocycles. The fourth-order valence-electron chi connectivity index (χ4n) is 4.01. The van der Waals surface area contributed by atoms with E-state index in [0.29, 0.717) is 5.82 Å². The third-order valence-electron chi connectivity index (χ3n) is 5.59. The Labute approximate surface area is 181 Å². The van der Waals surface area contributed by atoms with Crippen molar-refractivity contribution in [3.8, 4) is 17.0 Å². The molecule has 0 saturated heterocycles. The third kappa shape index (κ3) is 3.83. The zero-order valence-corrected chi connectivity index (χ0v) is 17.1. The smallest absolute Gasteiger partial charge is 0.252 e. The highest BCUT2D eigenvalue weighted by Gasteiger charge is 2.48. The molecule has 1 aromatic carbocycles. The van der Waals surface area contributed by atoms with Crippen LogP contribution in [0.25, 0.3) is 11.3 Å². The summed E-state index contributed by atoms with van der Waals surface area (Å²) in [6.07, 6.45) is 0.728. The highest BCUT2D eigenvalue weighted by atomic mass is 19.1. The van der Waals surface area contributed by atoms with Crippen LogP contribution in [0, 0.1) is 11.6 Å². The van der Waals surface area contributed by atoms with E-state index >= 15 is 0 Å². The summed E-state index contributed by atoms with van der Waals surface area (Å²) in [6.45, 7) is 0.199. The van der Waals surface area contributed by atoms with Crippen molar-refractivity contribution >= 4 is 11.7 Å². The molecule has 1 saturated carbocycles. The van der Waals surface area contributed by atoms with Crippen LogP contribution in [0.3, 0.4) is 0 Å². The second-order valence-corrected chi connectivity index (χ2v) is 7.64. The van der Waals surface area contributed by atoms with E-state index in [1.165, 1.54) is 37.6 Å². The third-order valence-corrected chi connectivity index (χ3v) is 5.59. The first kappa shape index (κ1) is 21.5. The van der Waals surface area contributed by atoms with E-state index in [1.807, 2.05) is 0 Å². The Morgan fingerprint density at radius 3 is 2.56 bits per heavy atom. The van der Waals surface area contributed by atoms with Crippen LogP contribution in [0.1, 0.15) is 28.9 Å². The van der Waals surface area contributed by atoms with Gasteiger partial charge in [0.2, 0.25) is 0 Å².